The number of hydrogen-bond donors (Lipinski definition) is 2. The number of amides is 1. The van der Waals surface area contributed by atoms with Crippen molar-refractivity contribution in [3.05, 3.63) is 42.2 Å². The van der Waals surface area contributed by atoms with E-state index in [1.165, 1.54) is 5.56 Å². The smallest absolute Gasteiger partial charge is 0.227 e. The molecule has 2 aliphatic heterocycles. The Kier molecular flexibility index (Phi) is 7.65. The zero-order chi connectivity index (χ0) is 24.9. The number of benzene rings is 1. The molecule has 0 spiro atoms. The Bertz CT molecular complexity index is 1140. The number of rotatable bonds is 8. The van der Waals surface area contributed by atoms with Crippen molar-refractivity contribution >= 4 is 28.8 Å². The molecule has 0 bridgehead atoms. The lowest BCUT2D eigenvalue weighted by Crippen LogP contribution is -2.45. The third-order valence-corrected chi connectivity index (χ3v) is 7.60. The topological polar surface area (TPSA) is 93.3 Å². The molecule has 2 N–H and O–H groups in total. The van der Waals surface area contributed by atoms with Gasteiger partial charge in [0.25, 0.3) is 0 Å². The lowest BCUT2D eigenvalue weighted by molar-refractivity contribution is -0.135. The van der Waals surface area contributed by atoms with Crippen molar-refractivity contribution in [2.24, 2.45) is 5.92 Å². The van der Waals surface area contributed by atoms with E-state index >= 15 is 0 Å². The fourth-order valence-corrected chi connectivity index (χ4v) is 5.51. The van der Waals surface area contributed by atoms with Crippen LogP contribution in [-0.2, 0) is 11.3 Å². The van der Waals surface area contributed by atoms with E-state index in [-0.39, 0.29) is 11.8 Å². The maximum absolute atomic E-state index is 12.9. The first kappa shape index (κ1) is 24.5. The zero-order valence-electron chi connectivity index (χ0n) is 21.5. The van der Waals surface area contributed by atoms with Crippen LogP contribution in [0.25, 0.3) is 11.2 Å². The summed E-state index contributed by atoms with van der Waals surface area (Å²) in [4.78, 5) is 36.8. The number of fused-ring (bicyclic) bond motifs is 1. The van der Waals surface area contributed by atoms with Crippen molar-refractivity contribution < 1.29 is 4.79 Å². The van der Waals surface area contributed by atoms with Crippen LogP contribution in [0.15, 0.2) is 36.7 Å². The van der Waals surface area contributed by atoms with Crippen molar-refractivity contribution in [1.82, 2.24) is 29.7 Å². The van der Waals surface area contributed by atoms with Gasteiger partial charge >= 0.3 is 0 Å². The maximum atomic E-state index is 12.9. The van der Waals surface area contributed by atoms with Crippen LogP contribution in [0.2, 0.25) is 0 Å². The third kappa shape index (κ3) is 5.46. The van der Waals surface area contributed by atoms with E-state index in [4.69, 9.17) is 4.98 Å². The molecule has 36 heavy (non-hydrogen) atoms. The summed E-state index contributed by atoms with van der Waals surface area (Å²) in [6, 6.07) is 11.0. The largest absolute Gasteiger partial charge is 0.365 e. The minimum atomic E-state index is 0.0108. The molecule has 9 heteroatoms. The van der Waals surface area contributed by atoms with Crippen molar-refractivity contribution in [3.8, 4) is 0 Å². The number of aromatic nitrogens is 4. The van der Waals surface area contributed by atoms with E-state index in [1.807, 2.05) is 18.7 Å². The summed E-state index contributed by atoms with van der Waals surface area (Å²) >= 11 is 0. The molecule has 0 aliphatic carbocycles. The number of anilines is 2. The highest BCUT2D eigenvalue weighted by Gasteiger charge is 2.30. The van der Waals surface area contributed by atoms with Crippen molar-refractivity contribution in [2.75, 3.05) is 49.5 Å². The number of carbonyl (C=O) groups is 1. The van der Waals surface area contributed by atoms with Gasteiger partial charge in [0, 0.05) is 51.9 Å². The fraction of sp³-hybridized carbons (Fsp3) is 0.556. The number of carbonyl (C=O) groups excluding carboxylic acids is 1. The van der Waals surface area contributed by atoms with Crippen LogP contribution in [0.1, 0.15) is 45.1 Å². The molecule has 2 aliphatic rings. The second-order valence-electron chi connectivity index (χ2n) is 9.96. The standard InChI is InChI=1S/C27H38N8O/c1-3-34(4-2)26(36)21-11-8-14-35(18-21)27-31-23-24(28-19-29-25(23)32-27)30-22-12-15-33(16-13-22)17-20-9-6-5-7-10-20/h5-7,9-10,19,21-22H,3-4,8,11-18H2,1-2H3,(H2,28,29,30,31,32). The van der Waals surface area contributed by atoms with E-state index in [2.05, 4.69) is 60.4 Å². The van der Waals surface area contributed by atoms with Crippen molar-refractivity contribution in [1.29, 1.82) is 0 Å². The molecule has 4 heterocycles. The molecule has 1 amide bonds. The summed E-state index contributed by atoms with van der Waals surface area (Å²) in [6.07, 6.45) is 5.64. The van der Waals surface area contributed by atoms with Gasteiger partial charge in [0.15, 0.2) is 11.5 Å². The Hall–Kier alpha value is -3.20. The van der Waals surface area contributed by atoms with Crippen molar-refractivity contribution in [3.63, 3.8) is 0 Å². The molecule has 0 radical (unpaired) electrons. The van der Waals surface area contributed by atoms with Gasteiger partial charge in [0.2, 0.25) is 11.9 Å². The summed E-state index contributed by atoms with van der Waals surface area (Å²) in [7, 11) is 0. The van der Waals surface area contributed by atoms with Gasteiger partial charge in [-0.25, -0.2) is 9.97 Å². The predicted octanol–water partition coefficient (Wildman–Crippen LogP) is 3.51. The van der Waals surface area contributed by atoms with Gasteiger partial charge in [0.1, 0.15) is 11.8 Å². The highest BCUT2D eigenvalue weighted by Crippen LogP contribution is 2.27. The van der Waals surface area contributed by atoms with Crippen LogP contribution in [0.3, 0.4) is 0 Å². The molecule has 2 fully saturated rings. The predicted molar refractivity (Wildman–Crippen MR) is 143 cm³/mol. The summed E-state index contributed by atoms with van der Waals surface area (Å²) in [5, 5.41) is 3.65. The molecular weight excluding hydrogens is 452 g/mol. The highest BCUT2D eigenvalue weighted by atomic mass is 16.2. The summed E-state index contributed by atoms with van der Waals surface area (Å²) in [6.45, 7) is 10.3. The van der Waals surface area contributed by atoms with Crippen LogP contribution in [0, 0.1) is 5.92 Å². The fourth-order valence-electron chi connectivity index (χ4n) is 5.51. The van der Waals surface area contributed by atoms with Gasteiger partial charge in [-0.05, 0) is 45.1 Å². The normalized spacial score (nSPS) is 19.5. The molecule has 0 saturated carbocycles. The number of likely N-dealkylation sites (tertiary alicyclic amines) is 1. The minimum absolute atomic E-state index is 0.0108. The molecule has 9 nitrogen and oxygen atoms in total. The number of H-pyrrole nitrogens is 1. The van der Waals surface area contributed by atoms with Crippen LogP contribution < -0.4 is 10.2 Å². The van der Waals surface area contributed by atoms with Gasteiger partial charge in [-0.15, -0.1) is 0 Å². The molecule has 2 saturated heterocycles. The number of hydrogen-bond acceptors (Lipinski definition) is 7. The van der Waals surface area contributed by atoms with Gasteiger partial charge in [-0.3, -0.25) is 9.69 Å². The van der Waals surface area contributed by atoms with E-state index < -0.39 is 0 Å². The first-order chi connectivity index (χ1) is 17.6. The number of imidazole rings is 1. The first-order valence-electron chi connectivity index (χ1n) is 13.4. The average Bonchev–Trinajstić information content (AvgIpc) is 3.37. The van der Waals surface area contributed by atoms with Crippen LogP contribution in [-0.4, -0.2) is 81.0 Å². The van der Waals surface area contributed by atoms with Crippen LogP contribution >= 0.6 is 0 Å². The van der Waals surface area contributed by atoms with E-state index in [0.717, 1.165) is 82.2 Å². The van der Waals surface area contributed by atoms with E-state index in [1.54, 1.807) is 6.33 Å². The quantitative estimate of drug-likeness (QED) is 0.499. The number of nitrogens with zero attached hydrogens (tertiary/aromatic N) is 6. The third-order valence-electron chi connectivity index (χ3n) is 7.60. The Morgan fingerprint density at radius 1 is 1.08 bits per heavy atom. The van der Waals surface area contributed by atoms with Gasteiger partial charge in [-0.2, -0.15) is 4.98 Å². The Balaban J connectivity index is 1.23. The second-order valence-corrected chi connectivity index (χ2v) is 9.96. The zero-order valence-corrected chi connectivity index (χ0v) is 21.5. The van der Waals surface area contributed by atoms with Crippen molar-refractivity contribution in [2.45, 2.75) is 52.1 Å². The average molecular weight is 491 g/mol. The molecule has 2 aromatic heterocycles. The number of piperidine rings is 2. The lowest BCUT2D eigenvalue weighted by atomic mass is 9.96. The van der Waals surface area contributed by atoms with E-state index in [9.17, 15) is 4.79 Å². The molecule has 1 aromatic carbocycles. The molecule has 1 unspecified atom stereocenters. The Morgan fingerprint density at radius 3 is 2.61 bits per heavy atom. The molecular formula is C27H38N8O. The molecule has 5 rings (SSSR count). The number of aromatic amines is 1. The molecule has 192 valence electrons. The first-order valence-corrected chi connectivity index (χ1v) is 13.4. The summed E-state index contributed by atoms with van der Waals surface area (Å²) < 4.78 is 0. The minimum Gasteiger partial charge on any atom is -0.365 e. The molecule has 1 atom stereocenters. The Labute approximate surface area is 213 Å². The van der Waals surface area contributed by atoms with E-state index in [0.29, 0.717) is 18.2 Å². The SMILES string of the molecule is CCN(CC)C(=O)C1CCCN(c2nc3ncnc(NC4CCN(Cc5ccccc5)CC4)c3[nH]2)C1. The summed E-state index contributed by atoms with van der Waals surface area (Å²) in [5.41, 5.74) is 2.88. The number of nitrogens with one attached hydrogen (secondary N) is 2. The lowest BCUT2D eigenvalue weighted by Gasteiger charge is -2.34. The summed E-state index contributed by atoms with van der Waals surface area (Å²) in [5.74, 6) is 1.86. The van der Waals surface area contributed by atoms with Gasteiger partial charge < -0.3 is 20.1 Å². The van der Waals surface area contributed by atoms with Gasteiger partial charge in [0.05, 0.1) is 5.92 Å². The Morgan fingerprint density at radius 2 is 1.86 bits per heavy atom. The maximum Gasteiger partial charge on any atom is 0.227 e. The molecule has 3 aromatic rings. The van der Waals surface area contributed by atoms with Crippen LogP contribution in [0.5, 0.6) is 0 Å². The van der Waals surface area contributed by atoms with Gasteiger partial charge in [-0.1, -0.05) is 30.3 Å². The second kappa shape index (κ2) is 11.2. The monoisotopic (exact) mass is 490 g/mol. The highest BCUT2D eigenvalue weighted by molar-refractivity contribution is 5.85. The van der Waals surface area contributed by atoms with Crippen LogP contribution in [0.4, 0.5) is 11.8 Å².